The van der Waals surface area contributed by atoms with Gasteiger partial charge >= 0.3 is 6.03 Å². The third-order valence-corrected chi connectivity index (χ3v) is 4.10. The van der Waals surface area contributed by atoms with Gasteiger partial charge in [-0.25, -0.2) is 4.79 Å². The monoisotopic (exact) mass is 314 g/mol. The molecule has 6 nitrogen and oxygen atoms in total. The first-order chi connectivity index (χ1) is 11.2. The van der Waals surface area contributed by atoms with Gasteiger partial charge < -0.3 is 10.1 Å². The van der Waals surface area contributed by atoms with Crippen LogP contribution in [0.2, 0.25) is 0 Å². The minimum atomic E-state index is -0.0417. The number of aromatic nitrogens is 2. The van der Waals surface area contributed by atoms with E-state index in [1.807, 2.05) is 42.5 Å². The number of methoxy groups -OCH3 is 1. The van der Waals surface area contributed by atoms with Crippen LogP contribution in [0.5, 0.6) is 5.75 Å². The Hall–Kier alpha value is -2.50. The largest absolute Gasteiger partial charge is 0.497 e. The molecule has 0 fully saturated rings. The molecule has 6 heteroatoms. The van der Waals surface area contributed by atoms with Crippen molar-refractivity contribution in [2.45, 2.75) is 19.3 Å². The molecular formula is C17H22N4O2. The molecule has 0 saturated heterocycles. The fourth-order valence-corrected chi connectivity index (χ4v) is 2.92. The molecule has 1 aliphatic rings. The van der Waals surface area contributed by atoms with Crippen LogP contribution in [0, 0.1) is 0 Å². The number of fused-ring (bicyclic) bond motifs is 1. The number of urea groups is 1. The molecule has 0 bridgehead atoms. The highest BCUT2D eigenvalue weighted by Gasteiger charge is 2.22. The summed E-state index contributed by atoms with van der Waals surface area (Å²) in [5.41, 5.74) is 3.27. The Kier molecular flexibility index (Phi) is 4.50. The van der Waals surface area contributed by atoms with Crippen LogP contribution in [0.25, 0.3) is 0 Å². The van der Waals surface area contributed by atoms with Crippen molar-refractivity contribution in [3.63, 3.8) is 0 Å². The van der Waals surface area contributed by atoms with Crippen LogP contribution in [0.15, 0.2) is 30.6 Å². The van der Waals surface area contributed by atoms with Crippen molar-refractivity contribution >= 4 is 11.7 Å². The Bertz CT molecular complexity index is 696. The third kappa shape index (κ3) is 3.47. The molecule has 0 unspecified atom stereocenters. The minimum Gasteiger partial charge on any atom is -0.497 e. The summed E-state index contributed by atoms with van der Waals surface area (Å²) < 4.78 is 7.03. The molecule has 2 aromatic rings. The molecule has 2 heterocycles. The third-order valence-electron chi connectivity index (χ3n) is 4.10. The number of hydrogen-bond acceptors (Lipinski definition) is 3. The Balaban J connectivity index is 1.62. The lowest BCUT2D eigenvalue weighted by atomic mass is 10.0. The molecule has 0 aliphatic carbocycles. The van der Waals surface area contributed by atoms with E-state index >= 15 is 0 Å². The maximum absolute atomic E-state index is 12.5. The van der Waals surface area contributed by atoms with E-state index in [-0.39, 0.29) is 6.03 Å². The number of rotatable bonds is 4. The van der Waals surface area contributed by atoms with Gasteiger partial charge in [0.15, 0.2) is 0 Å². The van der Waals surface area contributed by atoms with Crippen molar-refractivity contribution in [2.75, 3.05) is 25.1 Å². The first kappa shape index (κ1) is 15.4. The lowest BCUT2D eigenvalue weighted by molar-refractivity contribution is 0.246. The molecule has 23 heavy (non-hydrogen) atoms. The van der Waals surface area contributed by atoms with Crippen LogP contribution in [-0.2, 0) is 19.9 Å². The summed E-state index contributed by atoms with van der Waals surface area (Å²) in [6.07, 6.45) is 6.52. The standard InChI is InChI=1S/C17H22N4O2/c1-20-12-13(11-19-20)7-8-18-17(22)21-9-3-4-14-10-15(23-2)5-6-16(14)21/h5-6,10-12H,3-4,7-9H2,1-2H3,(H,18,22). The fourth-order valence-electron chi connectivity index (χ4n) is 2.92. The number of carbonyl (C=O) groups excluding carboxylic acids is 1. The SMILES string of the molecule is COc1ccc2c(c1)CCCN2C(=O)NCCc1cnn(C)c1. The number of amides is 2. The number of benzene rings is 1. The molecule has 1 aliphatic heterocycles. The number of aryl methyl sites for hydroxylation is 2. The predicted octanol–water partition coefficient (Wildman–Crippen LogP) is 2.13. The van der Waals surface area contributed by atoms with Crippen molar-refractivity contribution in [3.8, 4) is 5.75 Å². The lowest BCUT2D eigenvalue weighted by Gasteiger charge is -2.29. The number of nitrogens with one attached hydrogen (secondary N) is 1. The maximum Gasteiger partial charge on any atom is 0.321 e. The minimum absolute atomic E-state index is 0.0417. The molecule has 3 rings (SSSR count). The Labute approximate surface area is 136 Å². The molecule has 0 spiro atoms. The van der Waals surface area contributed by atoms with Crippen LogP contribution < -0.4 is 15.0 Å². The van der Waals surface area contributed by atoms with E-state index in [2.05, 4.69) is 10.4 Å². The Morgan fingerprint density at radius 2 is 2.30 bits per heavy atom. The van der Waals surface area contributed by atoms with Gasteiger partial charge in [-0.15, -0.1) is 0 Å². The molecule has 1 aromatic carbocycles. The second kappa shape index (κ2) is 6.73. The summed E-state index contributed by atoms with van der Waals surface area (Å²) >= 11 is 0. The number of ether oxygens (including phenoxy) is 1. The normalized spacial score (nSPS) is 13.6. The van der Waals surface area contributed by atoms with Crippen molar-refractivity contribution in [2.24, 2.45) is 7.05 Å². The zero-order valence-electron chi connectivity index (χ0n) is 13.6. The number of anilines is 1. The van der Waals surface area contributed by atoms with Gasteiger partial charge in [-0.3, -0.25) is 9.58 Å². The van der Waals surface area contributed by atoms with E-state index in [0.29, 0.717) is 6.54 Å². The molecule has 0 atom stereocenters. The molecular weight excluding hydrogens is 292 g/mol. The molecule has 1 aromatic heterocycles. The van der Waals surface area contributed by atoms with Gasteiger partial charge in [-0.2, -0.15) is 5.10 Å². The van der Waals surface area contributed by atoms with Gasteiger partial charge in [0, 0.05) is 32.0 Å². The summed E-state index contributed by atoms with van der Waals surface area (Å²) in [5, 5.41) is 7.13. The van der Waals surface area contributed by atoms with E-state index in [1.54, 1.807) is 11.8 Å². The second-order valence-corrected chi connectivity index (χ2v) is 5.75. The summed E-state index contributed by atoms with van der Waals surface area (Å²) in [6, 6.07) is 5.85. The van der Waals surface area contributed by atoms with Crippen molar-refractivity contribution < 1.29 is 9.53 Å². The van der Waals surface area contributed by atoms with E-state index in [4.69, 9.17) is 4.74 Å². The summed E-state index contributed by atoms with van der Waals surface area (Å²) in [4.78, 5) is 14.3. The second-order valence-electron chi connectivity index (χ2n) is 5.75. The molecule has 122 valence electrons. The van der Waals surface area contributed by atoms with E-state index in [0.717, 1.165) is 48.4 Å². The van der Waals surface area contributed by atoms with Crippen LogP contribution in [0.1, 0.15) is 17.5 Å². The van der Waals surface area contributed by atoms with Gasteiger partial charge in [-0.05, 0) is 48.6 Å². The lowest BCUT2D eigenvalue weighted by Crippen LogP contribution is -2.43. The molecule has 0 radical (unpaired) electrons. The molecule has 1 N–H and O–H groups in total. The molecule has 0 saturated carbocycles. The number of nitrogens with zero attached hydrogens (tertiary/aromatic N) is 3. The van der Waals surface area contributed by atoms with E-state index in [1.165, 1.54) is 0 Å². The van der Waals surface area contributed by atoms with Crippen molar-refractivity contribution in [1.82, 2.24) is 15.1 Å². The van der Waals surface area contributed by atoms with Gasteiger partial charge in [0.25, 0.3) is 0 Å². The van der Waals surface area contributed by atoms with Crippen molar-refractivity contribution in [3.05, 3.63) is 41.7 Å². The number of carbonyl (C=O) groups is 1. The van der Waals surface area contributed by atoms with Crippen LogP contribution in [-0.4, -0.2) is 36.0 Å². The maximum atomic E-state index is 12.5. The van der Waals surface area contributed by atoms with Crippen LogP contribution >= 0.6 is 0 Å². The van der Waals surface area contributed by atoms with Gasteiger partial charge in [0.05, 0.1) is 13.3 Å². The fraction of sp³-hybridized carbons (Fsp3) is 0.412. The van der Waals surface area contributed by atoms with Gasteiger partial charge in [-0.1, -0.05) is 0 Å². The highest BCUT2D eigenvalue weighted by Crippen LogP contribution is 2.30. The average Bonchev–Trinajstić information content (AvgIpc) is 2.99. The summed E-state index contributed by atoms with van der Waals surface area (Å²) in [5.74, 6) is 0.836. The predicted molar refractivity (Wildman–Crippen MR) is 89.0 cm³/mol. The van der Waals surface area contributed by atoms with Crippen molar-refractivity contribution in [1.29, 1.82) is 0 Å². The zero-order valence-corrected chi connectivity index (χ0v) is 13.6. The first-order valence-corrected chi connectivity index (χ1v) is 7.87. The zero-order chi connectivity index (χ0) is 16.2. The van der Waals surface area contributed by atoms with Gasteiger partial charge in [0.1, 0.15) is 5.75 Å². The average molecular weight is 314 g/mol. The summed E-state index contributed by atoms with van der Waals surface area (Å²) in [7, 11) is 3.55. The number of hydrogen-bond donors (Lipinski definition) is 1. The quantitative estimate of drug-likeness (QED) is 0.940. The topological polar surface area (TPSA) is 59.4 Å². The Morgan fingerprint density at radius 3 is 3.04 bits per heavy atom. The van der Waals surface area contributed by atoms with Crippen LogP contribution in [0.4, 0.5) is 10.5 Å². The smallest absolute Gasteiger partial charge is 0.321 e. The van der Waals surface area contributed by atoms with Gasteiger partial charge in [0.2, 0.25) is 0 Å². The summed E-state index contributed by atoms with van der Waals surface area (Å²) in [6.45, 7) is 1.35. The van der Waals surface area contributed by atoms with E-state index in [9.17, 15) is 4.79 Å². The highest BCUT2D eigenvalue weighted by atomic mass is 16.5. The highest BCUT2D eigenvalue weighted by molar-refractivity contribution is 5.93. The molecule has 2 amide bonds. The first-order valence-electron chi connectivity index (χ1n) is 7.87. The van der Waals surface area contributed by atoms with Crippen LogP contribution in [0.3, 0.4) is 0 Å². The van der Waals surface area contributed by atoms with E-state index < -0.39 is 0 Å². The Morgan fingerprint density at radius 1 is 1.43 bits per heavy atom.